The number of rotatable bonds is 13. The van der Waals surface area contributed by atoms with Crippen LogP contribution in [0.2, 0.25) is 12.1 Å². The minimum Gasteiger partial charge on any atom is -0.0633 e. The molecule has 0 N–H and O–H groups in total. The van der Waals surface area contributed by atoms with Crippen LogP contribution in [0.3, 0.4) is 0 Å². The molecule has 0 aliphatic carbocycles. The molecule has 195 valence electrons. The zero-order valence-corrected chi connectivity index (χ0v) is 25.4. The van der Waals surface area contributed by atoms with Crippen molar-refractivity contribution >= 4 is 51.0 Å². The summed E-state index contributed by atoms with van der Waals surface area (Å²) in [6.45, 7) is 0. The van der Waals surface area contributed by atoms with Gasteiger partial charge in [0.2, 0.25) is 0 Å². The van der Waals surface area contributed by atoms with Crippen molar-refractivity contribution in [2.75, 3.05) is 12.3 Å². The lowest BCUT2D eigenvalue weighted by Gasteiger charge is -2.22. The predicted molar refractivity (Wildman–Crippen MR) is 179 cm³/mol. The summed E-state index contributed by atoms with van der Waals surface area (Å²) in [5.41, 5.74) is 0. The van der Waals surface area contributed by atoms with Crippen LogP contribution >= 0.6 is 15.8 Å². The quantitative estimate of drug-likeness (QED) is 0.104. The van der Waals surface area contributed by atoms with Crippen molar-refractivity contribution in [3.63, 3.8) is 0 Å². The Hall–Kier alpha value is -2.82. The van der Waals surface area contributed by atoms with E-state index < -0.39 is 8.80 Å². The van der Waals surface area contributed by atoms with Crippen LogP contribution in [0.15, 0.2) is 152 Å². The third-order valence-electron chi connectivity index (χ3n) is 7.17. The number of hydrogen-bond acceptors (Lipinski definition) is 0. The van der Waals surface area contributed by atoms with Crippen molar-refractivity contribution in [3.05, 3.63) is 152 Å². The zero-order valence-electron chi connectivity index (χ0n) is 22.6. The number of benzene rings is 5. The van der Waals surface area contributed by atoms with Crippen LogP contribution in [-0.4, -0.2) is 21.1 Å². The molecule has 0 saturated heterocycles. The summed E-state index contributed by atoms with van der Waals surface area (Å²) < 4.78 is 0. The molecule has 0 nitrogen and oxygen atoms in total. The smallest absolute Gasteiger partial charge is 0.0633 e. The van der Waals surface area contributed by atoms with E-state index in [2.05, 4.69) is 152 Å². The van der Waals surface area contributed by atoms with Crippen molar-refractivity contribution in [3.8, 4) is 0 Å². The van der Waals surface area contributed by atoms with Crippen LogP contribution in [0.1, 0.15) is 12.8 Å². The van der Waals surface area contributed by atoms with E-state index in [-0.39, 0.29) is 15.8 Å². The van der Waals surface area contributed by atoms with E-state index >= 15 is 0 Å². The maximum Gasteiger partial charge on any atom is 0.0856 e. The van der Waals surface area contributed by atoms with Gasteiger partial charge >= 0.3 is 0 Å². The lowest BCUT2D eigenvalue weighted by molar-refractivity contribution is 1.02. The van der Waals surface area contributed by atoms with Gasteiger partial charge in [0.05, 0.1) is 8.80 Å². The van der Waals surface area contributed by atoms with Crippen molar-refractivity contribution in [2.24, 2.45) is 0 Å². The van der Waals surface area contributed by atoms with Crippen LogP contribution in [0.25, 0.3) is 0 Å². The van der Waals surface area contributed by atoms with Gasteiger partial charge in [0.15, 0.2) is 0 Å². The second-order valence-electron chi connectivity index (χ2n) is 9.82. The molecule has 3 heteroatoms. The first kappa shape index (κ1) is 27.7. The summed E-state index contributed by atoms with van der Waals surface area (Å²) in [4.78, 5) is 0. The monoisotopic (exact) mass is 559 g/mol. The Kier molecular flexibility index (Phi) is 10.7. The largest absolute Gasteiger partial charge is 0.0856 e. The predicted octanol–water partition coefficient (Wildman–Crippen LogP) is 7.43. The maximum atomic E-state index is 2.39. The molecule has 0 saturated carbocycles. The molecule has 39 heavy (non-hydrogen) atoms. The van der Waals surface area contributed by atoms with Gasteiger partial charge in [-0.05, 0) is 49.4 Å². The first-order chi connectivity index (χ1) is 19.4. The topological polar surface area (TPSA) is 0 Å². The highest BCUT2D eigenvalue weighted by molar-refractivity contribution is 7.73. The second-order valence-corrected chi connectivity index (χ2v) is 17.3. The van der Waals surface area contributed by atoms with E-state index in [1.165, 1.54) is 58.5 Å². The van der Waals surface area contributed by atoms with Gasteiger partial charge in [-0.3, -0.25) is 0 Å². The highest BCUT2D eigenvalue weighted by atomic mass is 31.1. The van der Waals surface area contributed by atoms with E-state index in [9.17, 15) is 0 Å². The molecule has 0 aliphatic rings. The van der Waals surface area contributed by atoms with Gasteiger partial charge in [-0.1, -0.05) is 182 Å². The molecular weight excluding hydrogens is 522 g/mol. The molecule has 0 bridgehead atoms. The van der Waals surface area contributed by atoms with Gasteiger partial charge < -0.3 is 0 Å². The van der Waals surface area contributed by atoms with Crippen LogP contribution in [0.5, 0.6) is 0 Å². The lowest BCUT2D eigenvalue weighted by atomic mass is 10.4. The van der Waals surface area contributed by atoms with Crippen LogP contribution in [0, 0.1) is 0 Å². The first-order valence-corrected chi connectivity index (χ1v) is 19.0. The maximum absolute atomic E-state index is 2.39. The Labute approximate surface area is 239 Å². The molecule has 5 rings (SSSR count). The highest BCUT2D eigenvalue weighted by Crippen LogP contribution is 2.36. The Morgan fingerprint density at radius 2 is 0.641 bits per heavy atom. The fraction of sp³-hybridized carbons (Fsp3) is 0.167. The average Bonchev–Trinajstić information content (AvgIpc) is 3.02. The molecule has 5 aromatic carbocycles. The van der Waals surface area contributed by atoms with Gasteiger partial charge in [-0.15, -0.1) is 0 Å². The van der Waals surface area contributed by atoms with E-state index in [4.69, 9.17) is 0 Å². The van der Waals surface area contributed by atoms with Crippen molar-refractivity contribution in [1.29, 1.82) is 0 Å². The Morgan fingerprint density at radius 1 is 0.359 bits per heavy atom. The van der Waals surface area contributed by atoms with Crippen molar-refractivity contribution < 1.29 is 0 Å². The first-order valence-electron chi connectivity index (χ1n) is 14.0. The van der Waals surface area contributed by atoms with Crippen LogP contribution in [0.4, 0.5) is 0 Å². The Balaban J connectivity index is 1.27. The average molecular weight is 560 g/mol. The standard InChI is InChI=1S/C36H37P2Si/c1-6-18-32(19-7-1)37(33-20-8-2-9-21-33)28-16-30-39(36-26-14-5-15-27-36)31-17-29-38(34-22-10-3-11-23-34)35-24-12-4-13-25-35/h1-15,18-27H,16-17,28-31H2. The molecule has 0 fully saturated rings. The minimum absolute atomic E-state index is 0.315. The van der Waals surface area contributed by atoms with Crippen molar-refractivity contribution in [2.45, 2.75) is 24.9 Å². The van der Waals surface area contributed by atoms with Crippen molar-refractivity contribution in [1.82, 2.24) is 0 Å². The van der Waals surface area contributed by atoms with Gasteiger partial charge in [0, 0.05) is 0 Å². The molecule has 0 amide bonds. The third-order valence-corrected chi connectivity index (χ3v) is 15.5. The molecule has 0 spiro atoms. The third kappa shape index (κ3) is 8.09. The van der Waals surface area contributed by atoms with Crippen LogP contribution < -0.4 is 26.4 Å². The molecule has 0 aliphatic heterocycles. The molecular formula is C36H37P2Si. The molecule has 0 unspecified atom stereocenters. The summed E-state index contributed by atoms with van der Waals surface area (Å²) in [5, 5.41) is 7.62. The second kappa shape index (κ2) is 15.1. The highest BCUT2D eigenvalue weighted by Gasteiger charge is 2.19. The molecule has 0 aromatic heterocycles. The number of hydrogen-bond donors (Lipinski definition) is 0. The molecule has 5 aromatic rings. The van der Waals surface area contributed by atoms with Gasteiger partial charge in [0.25, 0.3) is 0 Å². The van der Waals surface area contributed by atoms with E-state index in [0.717, 1.165) is 0 Å². The van der Waals surface area contributed by atoms with Crippen LogP contribution in [-0.2, 0) is 0 Å². The Morgan fingerprint density at radius 3 is 0.949 bits per heavy atom. The van der Waals surface area contributed by atoms with E-state index in [1.54, 1.807) is 5.19 Å². The van der Waals surface area contributed by atoms with E-state index in [1.807, 2.05) is 0 Å². The fourth-order valence-corrected chi connectivity index (χ4v) is 13.2. The molecule has 0 atom stereocenters. The fourth-order valence-electron chi connectivity index (χ4n) is 5.23. The summed E-state index contributed by atoms with van der Waals surface area (Å²) in [6.07, 6.45) is 5.13. The summed E-state index contributed by atoms with van der Waals surface area (Å²) in [5.74, 6) is 0. The SMILES string of the molecule is c1ccc([Si](CCCP(c2ccccc2)c2ccccc2)CCCP(c2ccccc2)c2ccccc2)cc1. The Bertz CT molecular complexity index is 1180. The normalized spacial score (nSPS) is 11.4. The molecule has 1 radical (unpaired) electrons. The lowest BCUT2D eigenvalue weighted by Crippen LogP contribution is -2.30. The summed E-state index contributed by atoms with van der Waals surface area (Å²) in [6, 6.07) is 58.9. The van der Waals surface area contributed by atoms with Gasteiger partial charge in [-0.25, -0.2) is 0 Å². The molecule has 0 heterocycles. The summed E-state index contributed by atoms with van der Waals surface area (Å²) in [7, 11) is -1.25. The minimum atomic E-state index is -0.618. The van der Waals surface area contributed by atoms with Gasteiger partial charge in [-0.2, -0.15) is 0 Å². The van der Waals surface area contributed by atoms with Gasteiger partial charge in [0.1, 0.15) is 0 Å². The summed E-state index contributed by atoms with van der Waals surface area (Å²) >= 11 is 0. The zero-order chi connectivity index (χ0) is 26.5. The van der Waals surface area contributed by atoms with E-state index in [0.29, 0.717) is 0 Å².